The lowest BCUT2D eigenvalue weighted by Gasteiger charge is -2.23. The summed E-state index contributed by atoms with van der Waals surface area (Å²) in [6, 6.07) is 11.8. The topological polar surface area (TPSA) is 56.5 Å². The molecule has 29 heavy (non-hydrogen) atoms. The van der Waals surface area contributed by atoms with Gasteiger partial charge in [-0.25, -0.2) is 9.50 Å². The van der Waals surface area contributed by atoms with Crippen molar-refractivity contribution in [3.05, 3.63) is 74.8 Å². The van der Waals surface area contributed by atoms with E-state index in [1.165, 1.54) is 4.88 Å². The number of ether oxygens (including phenoxy) is 1. The van der Waals surface area contributed by atoms with E-state index in [9.17, 15) is 4.79 Å². The highest BCUT2D eigenvalue weighted by atomic mass is 35.5. The fourth-order valence-corrected chi connectivity index (χ4v) is 5.07. The lowest BCUT2D eigenvalue weighted by molar-refractivity contribution is 0.0962. The molecule has 0 N–H and O–H groups in total. The number of benzene rings is 1. The largest absolute Gasteiger partial charge is 0.378 e. The van der Waals surface area contributed by atoms with E-state index in [1.54, 1.807) is 24.6 Å². The number of fused-ring (bicyclic) bond motifs is 3. The summed E-state index contributed by atoms with van der Waals surface area (Å²) in [5.74, 6) is 0.289. The Balaban J connectivity index is 1.72. The lowest BCUT2D eigenvalue weighted by Crippen LogP contribution is -2.22. The molecular formula is C22H18ClN3O2S. The predicted octanol–water partition coefficient (Wildman–Crippen LogP) is 5.17. The highest BCUT2D eigenvalue weighted by Crippen LogP contribution is 2.37. The standard InChI is InChI=1S/C22H18ClN3O2S/c1-28-12-17-21(13-4-2-5-15(23)8-13)22-24-11-16-18(26(22)25-17)9-14(10-19(16)27)20-6-3-7-29-20/h2-8,11,14H,9-10,12H2,1H3. The molecular weight excluding hydrogens is 406 g/mol. The van der Waals surface area contributed by atoms with Crippen LogP contribution in [-0.4, -0.2) is 27.5 Å². The van der Waals surface area contributed by atoms with Gasteiger partial charge in [0.1, 0.15) is 0 Å². The molecule has 1 aliphatic rings. The Kier molecular flexibility index (Phi) is 4.70. The van der Waals surface area contributed by atoms with Gasteiger partial charge in [0.2, 0.25) is 0 Å². The zero-order chi connectivity index (χ0) is 20.0. The van der Waals surface area contributed by atoms with Gasteiger partial charge < -0.3 is 4.74 Å². The molecule has 3 heterocycles. The minimum absolute atomic E-state index is 0.118. The Morgan fingerprint density at radius 1 is 1.28 bits per heavy atom. The Morgan fingerprint density at radius 3 is 2.93 bits per heavy atom. The summed E-state index contributed by atoms with van der Waals surface area (Å²) < 4.78 is 7.22. The minimum atomic E-state index is 0.118. The van der Waals surface area contributed by atoms with E-state index >= 15 is 0 Å². The predicted molar refractivity (Wildman–Crippen MR) is 114 cm³/mol. The number of nitrogens with zero attached hydrogens (tertiary/aromatic N) is 3. The number of rotatable bonds is 4. The molecule has 5 nitrogen and oxygen atoms in total. The molecule has 146 valence electrons. The van der Waals surface area contributed by atoms with Gasteiger partial charge in [0.15, 0.2) is 11.4 Å². The van der Waals surface area contributed by atoms with E-state index in [1.807, 2.05) is 34.8 Å². The smallest absolute Gasteiger partial charge is 0.166 e. The van der Waals surface area contributed by atoms with Gasteiger partial charge in [-0.05, 0) is 35.6 Å². The van der Waals surface area contributed by atoms with Crippen molar-refractivity contribution >= 4 is 34.4 Å². The number of halogens is 1. The maximum atomic E-state index is 12.8. The van der Waals surface area contributed by atoms with E-state index < -0.39 is 0 Å². The molecule has 0 radical (unpaired) electrons. The zero-order valence-electron chi connectivity index (χ0n) is 15.8. The van der Waals surface area contributed by atoms with Gasteiger partial charge in [0.05, 0.1) is 29.1 Å². The SMILES string of the molecule is COCc1nn2c3c(cnc2c1-c1cccc(Cl)c1)C(=O)CC(c1cccs1)C3. The van der Waals surface area contributed by atoms with Gasteiger partial charge in [-0.15, -0.1) is 11.3 Å². The van der Waals surface area contributed by atoms with Gasteiger partial charge in [-0.1, -0.05) is 29.8 Å². The van der Waals surface area contributed by atoms with Crippen molar-refractivity contribution in [1.29, 1.82) is 0 Å². The molecule has 1 aliphatic carbocycles. The van der Waals surface area contributed by atoms with E-state index in [0.717, 1.165) is 34.6 Å². The van der Waals surface area contributed by atoms with Crippen molar-refractivity contribution in [2.75, 3.05) is 7.11 Å². The van der Waals surface area contributed by atoms with Crippen LogP contribution in [0.3, 0.4) is 0 Å². The average molecular weight is 424 g/mol. The van der Waals surface area contributed by atoms with Crippen LogP contribution in [0.15, 0.2) is 48.0 Å². The minimum Gasteiger partial charge on any atom is -0.378 e. The number of carbonyl (C=O) groups is 1. The Morgan fingerprint density at radius 2 is 2.17 bits per heavy atom. The molecule has 1 aromatic carbocycles. The lowest BCUT2D eigenvalue weighted by atomic mass is 9.85. The summed E-state index contributed by atoms with van der Waals surface area (Å²) in [6.07, 6.45) is 2.96. The first kappa shape index (κ1) is 18.5. The number of carbonyl (C=O) groups excluding carboxylic acids is 1. The number of hydrogen-bond acceptors (Lipinski definition) is 5. The second-order valence-electron chi connectivity index (χ2n) is 7.16. The third-order valence-corrected chi connectivity index (χ3v) is 6.60. The van der Waals surface area contributed by atoms with Gasteiger partial charge >= 0.3 is 0 Å². The van der Waals surface area contributed by atoms with Crippen molar-refractivity contribution in [1.82, 2.24) is 14.6 Å². The fraction of sp³-hybridized carbons (Fsp3) is 0.227. The third kappa shape index (κ3) is 3.17. The number of hydrogen-bond donors (Lipinski definition) is 0. The summed E-state index contributed by atoms with van der Waals surface area (Å²) in [5, 5.41) is 7.51. The fourth-order valence-electron chi connectivity index (χ4n) is 4.05. The van der Waals surface area contributed by atoms with E-state index in [2.05, 4.69) is 16.4 Å². The van der Waals surface area contributed by atoms with Crippen LogP contribution < -0.4 is 0 Å². The number of thiophene rings is 1. The van der Waals surface area contributed by atoms with E-state index in [-0.39, 0.29) is 11.7 Å². The average Bonchev–Trinajstić information content (AvgIpc) is 3.36. The Hall–Kier alpha value is -2.54. The highest BCUT2D eigenvalue weighted by molar-refractivity contribution is 7.10. The molecule has 0 spiro atoms. The van der Waals surface area contributed by atoms with Crippen LogP contribution in [0.4, 0.5) is 0 Å². The number of aromatic nitrogens is 3. The number of methoxy groups -OCH3 is 1. The highest BCUT2D eigenvalue weighted by Gasteiger charge is 2.31. The van der Waals surface area contributed by atoms with E-state index in [4.69, 9.17) is 21.4 Å². The van der Waals surface area contributed by atoms with Crippen LogP contribution in [0.25, 0.3) is 16.8 Å². The molecule has 0 fully saturated rings. The zero-order valence-corrected chi connectivity index (χ0v) is 17.3. The molecule has 7 heteroatoms. The maximum absolute atomic E-state index is 12.8. The Bertz CT molecular complexity index is 1220. The monoisotopic (exact) mass is 423 g/mol. The molecule has 0 aliphatic heterocycles. The van der Waals surface area contributed by atoms with E-state index in [0.29, 0.717) is 23.6 Å². The second kappa shape index (κ2) is 7.37. The van der Waals surface area contributed by atoms with Crippen LogP contribution in [0.5, 0.6) is 0 Å². The van der Waals surface area contributed by atoms with Gasteiger partial charge in [0.25, 0.3) is 0 Å². The summed E-state index contributed by atoms with van der Waals surface area (Å²) in [6.45, 7) is 0.349. The number of Topliss-reactive ketones (excluding diaryl/α,β-unsaturated/α-hetero) is 1. The molecule has 1 atom stereocenters. The first-order chi connectivity index (χ1) is 14.2. The normalized spacial score (nSPS) is 16.3. The quantitative estimate of drug-likeness (QED) is 0.454. The van der Waals surface area contributed by atoms with Crippen LogP contribution in [0.2, 0.25) is 5.02 Å². The molecule has 1 unspecified atom stereocenters. The van der Waals surface area contributed by atoms with Crippen molar-refractivity contribution in [2.45, 2.75) is 25.4 Å². The summed E-state index contributed by atoms with van der Waals surface area (Å²) >= 11 is 7.92. The van der Waals surface area contributed by atoms with Crippen LogP contribution in [0, 0.1) is 0 Å². The second-order valence-corrected chi connectivity index (χ2v) is 8.58. The molecule has 5 rings (SSSR count). The molecule has 0 amide bonds. The van der Waals surface area contributed by atoms with Gasteiger partial charge in [-0.2, -0.15) is 5.10 Å². The number of ketones is 1. The Labute approximate surface area is 176 Å². The molecule has 3 aromatic heterocycles. The molecule has 0 saturated carbocycles. The van der Waals surface area contributed by atoms with Crippen LogP contribution in [0.1, 0.15) is 39.0 Å². The van der Waals surface area contributed by atoms with Gasteiger partial charge in [-0.3, -0.25) is 4.79 Å². The van der Waals surface area contributed by atoms with Crippen molar-refractivity contribution in [3.63, 3.8) is 0 Å². The van der Waals surface area contributed by atoms with Crippen molar-refractivity contribution in [3.8, 4) is 11.1 Å². The van der Waals surface area contributed by atoms with Crippen molar-refractivity contribution in [2.24, 2.45) is 0 Å². The van der Waals surface area contributed by atoms with Gasteiger partial charge in [0, 0.05) is 35.5 Å². The molecule has 4 aromatic rings. The maximum Gasteiger partial charge on any atom is 0.166 e. The molecule has 0 bridgehead atoms. The van der Waals surface area contributed by atoms with Crippen molar-refractivity contribution < 1.29 is 9.53 Å². The molecule has 0 saturated heterocycles. The first-order valence-electron chi connectivity index (χ1n) is 9.36. The van der Waals surface area contributed by atoms with Crippen LogP contribution in [-0.2, 0) is 17.8 Å². The van der Waals surface area contributed by atoms with Crippen LogP contribution >= 0.6 is 22.9 Å². The summed E-state index contributed by atoms with van der Waals surface area (Å²) in [5.41, 5.74) is 4.90. The first-order valence-corrected chi connectivity index (χ1v) is 10.6. The summed E-state index contributed by atoms with van der Waals surface area (Å²) in [4.78, 5) is 18.7. The third-order valence-electron chi connectivity index (χ3n) is 5.33. The summed E-state index contributed by atoms with van der Waals surface area (Å²) in [7, 11) is 1.64.